The van der Waals surface area contributed by atoms with Gasteiger partial charge in [-0.3, -0.25) is 4.98 Å². The number of piperidine rings is 1. The zero-order chi connectivity index (χ0) is 23.7. The van der Waals surface area contributed by atoms with Crippen LogP contribution in [0.1, 0.15) is 35.6 Å². The number of aryl methyl sites for hydroxylation is 1. The maximum absolute atomic E-state index is 13.2. The number of rotatable bonds is 6. The fourth-order valence-corrected chi connectivity index (χ4v) is 6.19. The fourth-order valence-electron chi connectivity index (χ4n) is 4.50. The molecule has 0 saturated carbocycles. The molecule has 4 heterocycles. The van der Waals surface area contributed by atoms with Crippen LogP contribution in [0.25, 0.3) is 5.65 Å². The van der Waals surface area contributed by atoms with Crippen LogP contribution in [-0.4, -0.2) is 53.2 Å². The number of nitrogens with one attached hydrogen (secondary N) is 1. The van der Waals surface area contributed by atoms with Crippen molar-refractivity contribution in [2.45, 2.75) is 37.1 Å². The lowest BCUT2D eigenvalue weighted by atomic mass is 9.94. The average Bonchev–Trinajstić information content (AvgIpc) is 3.24. The molecule has 10 heteroatoms. The number of nitrogens with zero attached hydrogens (tertiary/aromatic N) is 5. The Labute approximate surface area is 200 Å². The van der Waals surface area contributed by atoms with Crippen molar-refractivity contribution in [3.8, 4) is 0 Å². The second kappa shape index (κ2) is 9.19. The first-order valence-electron chi connectivity index (χ1n) is 11.5. The molecule has 4 aromatic rings. The van der Waals surface area contributed by atoms with Crippen molar-refractivity contribution < 1.29 is 8.42 Å². The van der Waals surface area contributed by atoms with E-state index in [1.165, 1.54) is 0 Å². The van der Waals surface area contributed by atoms with Crippen molar-refractivity contribution in [1.29, 1.82) is 0 Å². The van der Waals surface area contributed by atoms with Gasteiger partial charge in [-0.2, -0.15) is 13.9 Å². The van der Waals surface area contributed by atoms with Crippen molar-refractivity contribution in [3.63, 3.8) is 0 Å². The Morgan fingerprint density at radius 1 is 1.12 bits per heavy atom. The first-order chi connectivity index (χ1) is 16.4. The zero-order valence-electron chi connectivity index (χ0n) is 19.3. The number of hydrogen-bond acceptors (Lipinski definition) is 6. The molecule has 1 aromatic carbocycles. The van der Waals surface area contributed by atoms with Gasteiger partial charge in [-0.15, -0.1) is 0 Å². The van der Waals surface area contributed by atoms with Crippen LogP contribution in [0, 0.1) is 6.92 Å². The molecule has 0 radical (unpaired) electrons. The van der Waals surface area contributed by atoms with E-state index < -0.39 is 10.0 Å². The molecule has 34 heavy (non-hydrogen) atoms. The second-order valence-electron chi connectivity index (χ2n) is 8.79. The summed E-state index contributed by atoms with van der Waals surface area (Å²) in [6, 6.07) is 13.2. The van der Waals surface area contributed by atoms with E-state index in [2.05, 4.69) is 15.4 Å². The summed E-state index contributed by atoms with van der Waals surface area (Å²) in [5, 5.41) is 7.96. The molecule has 0 bridgehead atoms. The van der Waals surface area contributed by atoms with Crippen LogP contribution in [0.15, 0.2) is 66.0 Å². The van der Waals surface area contributed by atoms with Crippen LogP contribution in [0.3, 0.4) is 0 Å². The van der Waals surface area contributed by atoms with E-state index in [0.29, 0.717) is 24.5 Å². The van der Waals surface area contributed by atoms with Gasteiger partial charge in [-0.1, -0.05) is 24.3 Å². The third-order valence-corrected chi connectivity index (χ3v) is 8.51. The van der Waals surface area contributed by atoms with Gasteiger partial charge in [0.05, 0.1) is 4.90 Å². The lowest BCUT2D eigenvalue weighted by Crippen LogP contribution is -2.38. The van der Waals surface area contributed by atoms with E-state index >= 15 is 0 Å². The number of anilines is 1. The van der Waals surface area contributed by atoms with Gasteiger partial charge >= 0.3 is 0 Å². The normalized spacial score (nSPS) is 15.6. The molecule has 3 aromatic heterocycles. The third kappa shape index (κ3) is 4.31. The number of hydrogen-bond donors (Lipinski definition) is 1. The quantitative estimate of drug-likeness (QED) is 0.429. The summed E-state index contributed by atoms with van der Waals surface area (Å²) in [6.45, 7) is 3.42. The van der Waals surface area contributed by atoms with Gasteiger partial charge in [0, 0.05) is 55.9 Å². The SMILES string of the molecule is Bc1cnn2c(NCc3cccnc3)cc(C3CCN(S(=O)(=O)c4ccccc4C)CC3)nc12. The minimum atomic E-state index is -3.50. The Morgan fingerprint density at radius 3 is 2.65 bits per heavy atom. The van der Waals surface area contributed by atoms with Crippen LogP contribution >= 0.6 is 0 Å². The third-order valence-electron chi connectivity index (χ3n) is 6.45. The summed E-state index contributed by atoms with van der Waals surface area (Å²) < 4.78 is 29.8. The second-order valence-corrected chi connectivity index (χ2v) is 10.7. The van der Waals surface area contributed by atoms with E-state index in [0.717, 1.165) is 46.6 Å². The standard InChI is InChI=1S/C24H27BN6O2S/c1-17-5-2-3-7-22(17)34(32,33)30-11-8-19(9-12-30)21-13-23(27-15-18-6-4-10-26-14-18)31-24(29-21)20(25)16-28-31/h2-7,10,13-14,16,19,27H,8-9,11-12,15,25H2,1H3. The smallest absolute Gasteiger partial charge is 0.243 e. The van der Waals surface area contributed by atoms with Crippen molar-refractivity contribution in [3.05, 3.63) is 77.9 Å². The molecule has 0 spiro atoms. The van der Waals surface area contributed by atoms with E-state index in [4.69, 9.17) is 4.98 Å². The molecule has 1 aliphatic heterocycles. The summed E-state index contributed by atoms with van der Waals surface area (Å²) in [5.74, 6) is 1.05. The number of sulfonamides is 1. The molecule has 5 rings (SSSR count). The van der Waals surface area contributed by atoms with Crippen LogP contribution in [0.2, 0.25) is 0 Å². The Morgan fingerprint density at radius 2 is 1.91 bits per heavy atom. The highest BCUT2D eigenvalue weighted by Gasteiger charge is 2.31. The molecule has 1 saturated heterocycles. The Kier molecular flexibility index (Phi) is 6.10. The maximum atomic E-state index is 13.2. The van der Waals surface area contributed by atoms with E-state index in [1.807, 2.05) is 62.0 Å². The molecule has 0 unspecified atom stereocenters. The van der Waals surface area contributed by atoms with Crippen molar-refractivity contribution in [2.75, 3.05) is 18.4 Å². The van der Waals surface area contributed by atoms with Gasteiger partial charge in [0.25, 0.3) is 0 Å². The largest absolute Gasteiger partial charge is 0.366 e. The average molecular weight is 474 g/mol. The predicted molar refractivity (Wildman–Crippen MR) is 135 cm³/mol. The molecule has 1 N–H and O–H groups in total. The molecule has 0 aliphatic carbocycles. The molecule has 174 valence electrons. The maximum Gasteiger partial charge on any atom is 0.243 e. The lowest BCUT2D eigenvalue weighted by Gasteiger charge is -2.31. The summed E-state index contributed by atoms with van der Waals surface area (Å²) in [6.07, 6.45) is 6.87. The van der Waals surface area contributed by atoms with Crippen molar-refractivity contribution >= 4 is 34.8 Å². The summed E-state index contributed by atoms with van der Waals surface area (Å²) in [5.41, 5.74) is 4.65. The van der Waals surface area contributed by atoms with E-state index in [-0.39, 0.29) is 5.92 Å². The van der Waals surface area contributed by atoms with Gasteiger partial charge in [-0.05, 0) is 48.5 Å². The molecular weight excluding hydrogens is 447 g/mol. The van der Waals surface area contributed by atoms with Gasteiger partial charge < -0.3 is 5.32 Å². The van der Waals surface area contributed by atoms with E-state index in [9.17, 15) is 8.42 Å². The highest BCUT2D eigenvalue weighted by molar-refractivity contribution is 7.89. The molecule has 0 atom stereocenters. The molecule has 0 amide bonds. The highest BCUT2D eigenvalue weighted by Crippen LogP contribution is 2.32. The van der Waals surface area contributed by atoms with Crippen LogP contribution in [0.5, 0.6) is 0 Å². The van der Waals surface area contributed by atoms with Crippen LogP contribution in [-0.2, 0) is 16.6 Å². The molecule has 1 aliphatic rings. The summed E-state index contributed by atoms with van der Waals surface area (Å²) in [4.78, 5) is 9.49. The molecular formula is C24H27BN6O2S. The number of benzene rings is 1. The minimum Gasteiger partial charge on any atom is -0.366 e. The van der Waals surface area contributed by atoms with E-state index in [1.54, 1.807) is 22.6 Å². The van der Waals surface area contributed by atoms with Crippen LogP contribution < -0.4 is 10.8 Å². The first kappa shape index (κ1) is 22.6. The van der Waals surface area contributed by atoms with Gasteiger partial charge in [0.2, 0.25) is 10.0 Å². The zero-order valence-corrected chi connectivity index (χ0v) is 20.2. The first-order valence-corrected chi connectivity index (χ1v) is 12.9. The Bertz CT molecular complexity index is 1420. The lowest BCUT2D eigenvalue weighted by molar-refractivity contribution is 0.316. The monoisotopic (exact) mass is 474 g/mol. The highest BCUT2D eigenvalue weighted by atomic mass is 32.2. The summed E-state index contributed by atoms with van der Waals surface area (Å²) in [7, 11) is -1.50. The fraction of sp³-hybridized carbons (Fsp3) is 0.292. The number of aromatic nitrogens is 4. The van der Waals surface area contributed by atoms with Gasteiger partial charge in [0.1, 0.15) is 13.7 Å². The number of pyridine rings is 1. The van der Waals surface area contributed by atoms with Crippen molar-refractivity contribution in [2.24, 2.45) is 0 Å². The molecule has 1 fully saturated rings. The van der Waals surface area contributed by atoms with Crippen LogP contribution in [0.4, 0.5) is 5.82 Å². The van der Waals surface area contributed by atoms with Gasteiger partial charge in [-0.25, -0.2) is 13.4 Å². The Balaban J connectivity index is 1.37. The minimum absolute atomic E-state index is 0.182. The number of fused-ring (bicyclic) bond motifs is 1. The predicted octanol–water partition coefficient (Wildman–Crippen LogP) is 1.87. The topological polar surface area (TPSA) is 92.5 Å². The summed E-state index contributed by atoms with van der Waals surface area (Å²) >= 11 is 0. The van der Waals surface area contributed by atoms with Crippen molar-refractivity contribution in [1.82, 2.24) is 23.9 Å². The molecule has 8 nitrogen and oxygen atoms in total. The van der Waals surface area contributed by atoms with Gasteiger partial charge in [0.15, 0.2) is 5.65 Å². The Hall–Kier alpha value is -3.24.